The van der Waals surface area contributed by atoms with Crippen molar-refractivity contribution in [3.05, 3.63) is 95.6 Å². The van der Waals surface area contributed by atoms with Crippen molar-refractivity contribution < 1.29 is 14.3 Å². The van der Waals surface area contributed by atoms with Gasteiger partial charge in [0, 0.05) is 17.8 Å². The van der Waals surface area contributed by atoms with Gasteiger partial charge >= 0.3 is 0 Å². The van der Waals surface area contributed by atoms with E-state index in [2.05, 4.69) is 11.4 Å². The lowest BCUT2D eigenvalue weighted by Gasteiger charge is -2.32. The van der Waals surface area contributed by atoms with E-state index in [0.29, 0.717) is 17.9 Å². The average molecular weight is 400 g/mol. The van der Waals surface area contributed by atoms with Gasteiger partial charge in [-0.2, -0.15) is 0 Å². The van der Waals surface area contributed by atoms with Crippen molar-refractivity contribution in [1.29, 1.82) is 0 Å². The van der Waals surface area contributed by atoms with Crippen molar-refractivity contribution in [1.82, 2.24) is 5.32 Å². The average Bonchev–Trinajstić information content (AvgIpc) is 2.82. The van der Waals surface area contributed by atoms with Crippen molar-refractivity contribution in [2.75, 3.05) is 18.6 Å². The molecule has 0 saturated heterocycles. The highest BCUT2D eigenvalue weighted by atomic mass is 16.5. The van der Waals surface area contributed by atoms with Crippen molar-refractivity contribution in [3.8, 4) is 5.75 Å². The second-order valence-corrected chi connectivity index (χ2v) is 7.27. The number of carbonyl (C=O) groups excluding carboxylic acids is 2. The van der Waals surface area contributed by atoms with Crippen LogP contribution in [0.4, 0.5) is 5.69 Å². The Labute approximate surface area is 176 Å². The van der Waals surface area contributed by atoms with Crippen molar-refractivity contribution >= 4 is 17.5 Å². The highest BCUT2D eigenvalue weighted by molar-refractivity contribution is 6.03. The van der Waals surface area contributed by atoms with Crippen LogP contribution in [0.1, 0.15) is 33.9 Å². The molecule has 1 aliphatic rings. The Morgan fingerprint density at radius 2 is 1.73 bits per heavy atom. The number of hydrogen-bond donors (Lipinski definition) is 1. The number of nitrogens with zero attached hydrogens (tertiary/aromatic N) is 1. The number of carbonyl (C=O) groups is 2. The van der Waals surface area contributed by atoms with Crippen LogP contribution < -0.4 is 15.0 Å². The van der Waals surface area contributed by atoms with Gasteiger partial charge in [-0.3, -0.25) is 9.59 Å². The molecular formula is C25H24N2O3. The van der Waals surface area contributed by atoms with E-state index in [1.807, 2.05) is 48.5 Å². The number of para-hydroxylation sites is 1. The zero-order valence-electron chi connectivity index (χ0n) is 16.9. The zero-order chi connectivity index (χ0) is 20.9. The predicted octanol–water partition coefficient (Wildman–Crippen LogP) is 4.15. The molecule has 1 aliphatic heterocycles. The molecule has 0 saturated carbocycles. The Kier molecular flexibility index (Phi) is 5.80. The van der Waals surface area contributed by atoms with Gasteiger partial charge in [-0.15, -0.1) is 0 Å². The molecular weight excluding hydrogens is 376 g/mol. The van der Waals surface area contributed by atoms with Crippen LogP contribution in [0.15, 0.2) is 78.9 Å². The molecule has 2 amide bonds. The lowest BCUT2D eigenvalue weighted by Crippen LogP contribution is -2.45. The molecule has 5 heteroatoms. The molecule has 1 atom stereocenters. The van der Waals surface area contributed by atoms with Gasteiger partial charge < -0.3 is 15.0 Å². The van der Waals surface area contributed by atoms with Crippen molar-refractivity contribution in [2.45, 2.75) is 18.9 Å². The summed E-state index contributed by atoms with van der Waals surface area (Å²) < 4.78 is 5.22. The van der Waals surface area contributed by atoms with E-state index in [-0.39, 0.29) is 11.8 Å². The van der Waals surface area contributed by atoms with Gasteiger partial charge in [0.25, 0.3) is 11.8 Å². The number of anilines is 1. The SMILES string of the molecule is COc1cccc(C(=O)N[C@@H](C(=O)N2CCCc3ccccc32)c2ccccc2)c1. The summed E-state index contributed by atoms with van der Waals surface area (Å²) in [4.78, 5) is 28.4. The summed E-state index contributed by atoms with van der Waals surface area (Å²) in [6, 6.07) is 23.5. The number of aryl methyl sites for hydroxylation is 1. The summed E-state index contributed by atoms with van der Waals surface area (Å²) in [5, 5.41) is 2.94. The van der Waals surface area contributed by atoms with E-state index in [1.165, 1.54) is 0 Å². The predicted molar refractivity (Wildman–Crippen MR) is 117 cm³/mol. The number of nitrogens with one attached hydrogen (secondary N) is 1. The third-order valence-electron chi connectivity index (χ3n) is 5.36. The number of hydrogen-bond acceptors (Lipinski definition) is 3. The standard InChI is InChI=1S/C25H24N2O3/c1-30-21-14-7-12-20(17-21)24(28)26-23(19-10-3-2-4-11-19)25(29)27-16-8-13-18-9-5-6-15-22(18)27/h2-7,9-12,14-15,17,23H,8,13,16H2,1H3,(H,26,28)/t23-/m1/s1. The number of fused-ring (bicyclic) bond motifs is 1. The first-order valence-corrected chi connectivity index (χ1v) is 10.1. The number of methoxy groups -OCH3 is 1. The van der Waals surface area contributed by atoms with Gasteiger partial charge in [0.2, 0.25) is 0 Å². The molecule has 152 valence electrons. The van der Waals surface area contributed by atoms with E-state index in [4.69, 9.17) is 4.74 Å². The molecule has 0 fully saturated rings. The fourth-order valence-corrected chi connectivity index (χ4v) is 3.83. The summed E-state index contributed by atoms with van der Waals surface area (Å²) in [7, 11) is 1.56. The van der Waals surface area contributed by atoms with E-state index < -0.39 is 6.04 Å². The first-order chi connectivity index (χ1) is 14.7. The summed E-state index contributed by atoms with van der Waals surface area (Å²) in [6.45, 7) is 0.633. The Morgan fingerprint density at radius 3 is 2.53 bits per heavy atom. The maximum atomic E-state index is 13.6. The van der Waals surface area contributed by atoms with Crippen LogP contribution in [0, 0.1) is 0 Å². The molecule has 1 heterocycles. The number of ether oxygens (including phenoxy) is 1. The number of amides is 2. The van der Waals surface area contributed by atoms with Gasteiger partial charge in [-0.05, 0) is 48.2 Å². The van der Waals surface area contributed by atoms with Crippen LogP contribution in [0.25, 0.3) is 0 Å². The Balaban J connectivity index is 1.66. The Bertz CT molecular complexity index is 1050. The first kappa shape index (κ1) is 19.7. The van der Waals surface area contributed by atoms with Crippen LogP contribution in [0.3, 0.4) is 0 Å². The smallest absolute Gasteiger partial charge is 0.254 e. The molecule has 0 radical (unpaired) electrons. The molecule has 0 aromatic heterocycles. The number of rotatable bonds is 5. The lowest BCUT2D eigenvalue weighted by atomic mass is 9.99. The van der Waals surface area contributed by atoms with E-state index >= 15 is 0 Å². The van der Waals surface area contributed by atoms with Gasteiger partial charge in [-0.25, -0.2) is 0 Å². The van der Waals surface area contributed by atoms with Gasteiger partial charge in [0.1, 0.15) is 11.8 Å². The fourth-order valence-electron chi connectivity index (χ4n) is 3.83. The third-order valence-corrected chi connectivity index (χ3v) is 5.36. The minimum atomic E-state index is -0.781. The van der Waals surface area contributed by atoms with Crippen LogP contribution in [-0.4, -0.2) is 25.5 Å². The molecule has 3 aromatic rings. The maximum Gasteiger partial charge on any atom is 0.254 e. The van der Waals surface area contributed by atoms with Crippen molar-refractivity contribution in [3.63, 3.8) is 0 Å². The highest BCUT2D eigenvalue weighted by Crippen LogP contribution is 2.29. The van der Waals surface area contributed by atoms with Gasteiger partial charge in [-0.1, -0.05) is 54.6 Å². The first-order valence-electron chi connectivity index (χ1n) is 10.1. The molecule has 5 nitrogen and oxygen atoms in total. The maximum absolute atomic E-state index is 13.6. The number of benzene rings is 3. The minimum Gasteiger partial charge on any atom is -0.497 e. The molecule has 0 bridgehead atoms. The lowest BCUT2D eigenvalue weighted by molar-refractivity contribution is -0.120. The molecule has 0 unspecified atom stereocenters. The van der Waals surface area contributed by atoms with Crippen LogP contribution in [0.2, 0.25) is 0 Å². The molecule has 3 aromatic carbocycles. The zero-order valence-corrected chi connectivity index (χ0v) is 16.9. The second-order valence-electron chi connectivity index (χ2n) is 7.27. The Hall–Kier alpha value is -3.60. The second kappa shape index (κ2) is 8.82. The van der Waals surface area contributed by atoms with Crippen LogP contribution in [0.5, 0.6) is 5.75 Å². The highest BCUT2D eigenvalue weighted by Gasteiger charge is 2.31. The molecule has 30 heavy (non-hydrogen) atoms. The quantitative estimate of drug-likeness (QED) is 0.700. The van der Waals surface area contributed by atoms with Crippen LogP contribution >= 0.6 is 0 Å². The summed E-state index contributed by atoms with van der Waals surface area (Å²) >= 11 is 0. The molecule has 4 rings (SSSR count). The summed E-state index contributed by atoms with van der Waals surface area (Å²) in [5.74, 6) is 0.140. The van der Waals surface area contributed by atoms with Gasteiger partial charge in [0.15, 0.2) is 0 Å². The minimum absolute atomic E-state index is 0.135. The largest absolute Gasteiger partial charge is 0.497 e. The topological polar surface area (TPSA) is 58.6 Å². The normalized spacial score (nSPS) is 13.8. The summed E-state index contributed by atoms with van der Waals surface area (Å²) in [6.07, 6.45) is 1.85. The van der Waals surface area contributed by atoms with Crippen LogP contribution in [-0.2, 0) is 11.2 Å². The van der Waals surface area contributed by atoms with E-state index in [9.17, 15) is 9.59 Å². The molecule has 0 spiro atoms. The van der Waals surface area contributed by atoms with Gasteiger partial charge in [0.05, 0.1) is 7.11 Å². The molecule has 1 N–H and O–H groups in total. The monoisotopic (exact) mass is 400 g/mol. The Morgan fingerprint density at radius 1 is 0.967 bits per heavy atom. The fraction of sp³-hybridized carbons (Fsp3) is 0.200. The third kappa shape index (κ3) is 4.06. The molecule has 0 aliphatic carbocycles. The van der Waals surface area contributed by atoms with Crippen molar-refractivity contribution in [2.24, 2.45) is 0 Å². The van der Waals surface area contributed by atoms with E-state index in [0.717, 1.165) is 29.7 Å². The summed E-state index contributed by atoms with van der Waals surface area (Å²) in [5.41, 5.74) is 3.28. The van der Waals surface area contributed by atoms with E-state index in [1.54, 1.807) is 36.3 Å².